The third-order valence-electron chi connectivity index (χ3n) is 4.49. The van der Waals surface area contributed by atoms with E-state index in [2.05, 4.69) is 19.6 Å². The fourth-order valence-electron chi connectivity index (χ4n) is 2.99. The normalized spacial score (nSPS) is 16.8. The van der Waals surface area contributed by atoms with Gasteiger partial charge in [-0.05, 0) is 19.1 Å². The van der Waals surface area contributed by atoms with E-state index >= 15 is 0 Å². The van der Waals surface area contributed by atoms with Crippen molar-refractivity contribution >= 4 is 17.4 Å². The van der Waals surface area contributed by atoms with Crippen LogP contribution in [0.5, 0.6) is 11.5 Å². The molecule has 0 bridgehead atoms. The lowest BCUT2D eigenvalue weighted by Gasteiger charge is -2.31. The van der Waals surface area contributed by atoms with Crippen LogP contribution in [0.1, 0.15) is 10.4 Å². The standard InChI is InChI=1S/C19H17F4N5O3S/c1-11-8-28(13-4-5-14-15(6-13)31-19(22,23)18(20,21)30-14)17(32-11)25-16(29)26(2)9-12-7-24-27(3)10-12/h4-8,10H,9H2,1-3H3. The number of rotatable bonds is 3. The fourth-order valence-corrected chi connectivity index (χ4v) is 3.81. The molecule has 0 fully saturated rings. The number of carbonyl (C=O) groups is 1. The number of halogens is 4. The summed E-state index contributed by atoms with van der Waals surface area (Å²) < 4.78 is 65.2. The zero-order valence-electron chi connectivity index (χ0n) is 17.1. The van der Waals surface area contributed by atoms with Crippen LogP contribution in [0.25, 0.3) is 5.69 Å². The molecule has 0 aliphatic carbocycles. The zero-order valence-corrected chi connectivity index (χ0v) is 17.9. The van der Waals surface area contributed by atoms with E-state index in [9.17, 15) is 22.4 Å². The summed E-state index contributed by atoms with van der Waals surface area (Å²) in [4.78, 5) is 19.2. The summed E-state index contributed by atoms with van der Waals surface area (Å²) in [5, 5.41) is 4.05. The highest BCUT2D eigenvalue weighted by atomic mass is 32.1. The molecule has 0 N–H and O–H groups in total. The molecule has 1 aliphatic rings. The van der Waals surface area contributed by atoms with Gasteiger partial charge in [0, 0.05) is 43.0 Å². The second kappa shape index (κ2) is 7.65. The summed E-state index contributed by atoms with van der Waals surface area (Å²) in [6, 6.07) is 3.05. The van der Waals surface area contributed by atoms with Gasteiger partial charge in [0.05, 0.1) is 18.4 Å². The monoisotopic (exact) mass is 471 g/mol. The molecule has 2 aromatic heterocycles. The number of hydrogen-bond donors (Lipinski definition) is 0. The van der Waals surface area contributed by atoms with Crippen molar-refractivity contribution in [3.63, 3.8) is 0 Å². The second-order valence-corrected chi connectivity index (χ2v) is 8.35. The molecule has 0 saturated heterocycles. The van der Waals surface area contributed by atoms with E-state index in [0.717, 1.165) is 22.6 Å². The van der Waals surface area contributed by atoms with Crippen LogP contribution in [0.15, 0.2) is 41.8 Å². The Morgan fingerprint density at radius 1 is 1.19 bits per heavy atom. The summed E-state index contributed by atoms with van der Waals surface area (Å²) >= 11 is 1.19. The second-order valence-electron chi connectivity index (χ2n) is 7.14. The summed E-state index contributed by atoms with van der Waals surface area (Å²) in [6.45, 7) is 2.06. The largest absolute Gasteiger partial charge is 0.507 e. The van der Waals surface area contributed by atoms with Gasteiger partial charge in [-0.1, -0.05) is 0 Å². The van der Waals surface area contributed by atoms with Gasteiger partial charge in [-0.15, -0.1) is 11.3 Å². The van der Waals surface area contributed by atoms with Gasteiger partial charge in [0.2, 0.25) is 0 Å². The first-order chi connectivity index (χ1) is 14.9. The Morgan fingerprint density at radius 3 is 2.53 bits per heavy atom. The number of nitrogens with zero attached hydrogens (tertiary/aromatic N) is 5. The Labute approximate surface area is 182 Å². The van der Waals surface area contributed by atoms with Crippen LogP contribution in [0.4, 0.5) is 22.4 Å². The van der Waals surface area contributed by atoms with Crippen molar-refractivity contribution in [2.75, 3.05) is 7.05 Å². The average molecular weight is 471 g/mol. The third kappa shape index (κ3) is 4.07. The van der Waals surface area contributed by atoms with E-state index in [1.54, 1.807) is 44.3 Å². The molecule has 0 radical (unpaired) electrons. The maximum absolute atomic E-state index is 13.5. The van der Waals surface area contributed by atoms with Crippen molar-refractivity contribution in [1.29, 1.82) is 0 Å². The number of benzene rings is 1. The van der Waals surface area contributed by atoms with Gasteiger partial charge >= 0.3 is 18.2 Å². The third-order valence-corrected chi connectivity index (χ3v) is 5.38. The van der Waals surface area contributed by atoms with E-state index in [1.165, 1.54) is 26.9 Å². The lowest BCUT2D eigenvalue weighted by Crippen LogP contribution is -2.52. The Bertz CT molecular complexity index is 1250. The number of ether oxygens (including phenoxy) is 2. The molecule has 170 valence electrons. The van der Waals surface area contributed by atoms with Crippen LogP contribution in [-0.4, -0.2) is 44.5 Å². The Kier molecular flexibility index (Phi) is 5.23. The van der Waals surface area contributed by atoms with Crippen LogP contribution < -0.4 is 14.3 Å². The highest BCUT2D eigenvalue weighted by Crippen LogP contribution is 2.47. The number of carbonyl (C=O) groups excluding carboxylic acids is 1. The van der Waals surface area contributed by atoms with Gasteiger partial charge < -0.3 is 14.4 Å². The molecule has 0 spiro atoms. The minimum absolute atomic E-state index is 0.263. The topological polar surface area (TPSA) is 73.9 Å². The minimum Gasteiger partial charge on any atom is -0.421 e. The molecule has 3 heterocycles. The molecule has 0 atom stereocenters. The maximum Gasteiger partial charge on any atom is 0.507 e. The fraction of sp³-hybridized carbons (Fsp3) is 0.316. The molecular formula is C19H17F4N5O3S. The molecule has 2 amide bonds. The predicted octanol–water partition coefficient (Wildman–Crippen LogP) is 3.69. The van der Waals surface area contributed by atoms with Crippen molar-refractivity contribution in [2.24, 2.45) is 12.0 Å². The Morgan fingerprint density at radius 2 is 1.88 bits per heavy atom. The molecule has 13 heteroatoms. The molecule has 0 unspecified atom stereocenters. The molecule has 3 aromatic rings. The maximum atomic E-state index is 13.5. The zero-order chi connectivity index (χ0) is 23.3. The number of fused-ring (bicyclic) bond motifs is 1. The van der Waals surface area contributed by atoms with E-state index in [0.29, 0.717) is 0 Å². The van der Waals surface area contributed by atoms with Gasteiger partial charge in [0.15, 0.2) is 16.3 Å². The summed E-state index contributed by atoms with van der Waals surface area (Å²) in [5.74, 6) is -1.08. The van der Waals surface area contributed by atoms with Gasteiger partial charge in [0.1, 0.15) is 0 Å². The lowest BCUT2D eigenvalue weighted by molar-refractivity contribution is -0.391. The van der Waals surface area contributed by atoms with Crippen molar-refractivity contribution in [3.8, 4) is 17.2 Å². The summed E-state index contributed by atoms with van der Waals surface area (Å²) in [7, 11) is 3.34. The van der Waals surface area contributed by atoms with Crippen molar-refractivity contribution in [3.05, 3.63) is 52.0 Å². The average Bonchev–Trinajstić information content (AvgIpc) is 3.26. The van der Waals surface area contributed by atoms with Gasteiger partial charge in [0.25, 0.3) is 0 Å². The van der Waals surface area contributed by atoms with E-state index in [4.69, 9.17) is 0 Å². The molecule has 8 nitrogen and oxygen atoms in total. The first-order valence-corrected chi connectivity index (χ1v) is 10.0. The number of urea groups is 1. The van der Waals surface area contributed by atoms with Crippen molar-refractivity contribution < 1.29 is 31.8 Å². The number of thiazole rings is 1. The summed E-state index contributed by atoms with van der Waals surface area (Å²) in [5.41, 5.74) is 1.09. The van der Waals surface area contributed by atoms with Crippen LogP contribution in [0.3, 0.4) is 0 Å². The minimum atomic E-state index is -4.83. The lowest BCUT2D eigenvalue weighted by atomic mass is 10.2. The predicted molar refractivity (Wildman–Crippen MR) is 105 cm³/mol. The number of alkyl halides is 4. The van der Waals surface area contributed by atoms with Crippen molar-refractivity contribution in [1.82, 2.24) is 19.2 Å². The SMILES string of the molecule is Cc1cn(-c2ccc3c(c2)OC(F)(F)C(F)(F)O3)c(=NC(=O)N(C)Cc2cnn(C)c2)s1. The molecule has 4 rings (SSSR count). The van der Waals surface area contributed by atoms with Crippen LogP contribution in [0.2, 0.25) is 0 Å². The first kappa shape index (κ1) is 21.9. The van der Waals surface area contributed by atoms with E-state index in [-0.39, 0.29) is 17.0 Å². The van der Waals surface area contributed by atoms with Gasteiger partial charge in [-0.25, -0.2) is 4.79 Å². The number of amides is 2. The molecule has 0 saturated carbocycles. The number of hydrogen-bond acceptors (Lipinski definition) is 5. The van der Waals surface area contributed by atoms with E-state index < -0.39 is 29.7 Å². The number of aryl methyl sites for hydroxylation is 2. The number of aromatic nitrogens is 3. The molecule has 32 heavy (non-hydrogen) atoms. The highest BCUT2D eigenvalue weighted by molar-refractivity contribution is 7.09. The van der Waals surface area contributed by atoms with E-state index in [1.807, 2.05) is 0 Å². The quantitative estimate of drug-likeness (QED) is 0.547. The molecular weight excluding hydrogens is 454 g/mol. The van der Waals surface area contributed by atoms with Gasteiger partial charge in [-0.3, -0.25) is 9.25 Å². The smallest absolute Gasteiger partial charge is 0.421 e. The summed E-state index contributed by atoms with van der Waals surface area (Å²) in [6.07, 6.45) is -4.58. The first-order valence-electron chi connectivity index (χ1n) is 9.20. The van der Waals surface area contributed by atoms with Crippen LogP contribution in [0, 0.1) is 6.92 Å². The Balaban J connectivity index is 1.65. The Hall–Kier alpha value is -3.35. The van der Waals surface area contributed by atoms with Crippen LogP contribution in [-0.2, 0) is 13.6 Å². The van der Waals surface area contributed by atoms with Crippen LogP contribution >= 0.6 is 11.3 Å². The highest BCUT2D eigenvalue weighted by Gasteiger charge is 2.65. The molecule has 1 aliphatic heterocycles. The van der Waals surface area contributed by atoms with Gasteiger partial charge in [-0.2, -0.15) is 27.7 Å². The molecule has 1 aromatic carbocycles. The van der Waals surface area contributed by atoms with Crippen molar-refractivity contribution in [2.45, 2.75) is 25.7 Å².